The molecule has 1 aromatic heterocycles. The first kappa shape index (κ1) is 15.7. The van der Waals surface area contributed by atoms with Crippen molar-refractivity contribution in [2.75, 3.05) is 7.11 Å². The second-order valence-electron chi connectivity index (χ2n) is 5.58. The van der Waals surface area contributed by atoms with Crippen LogP contribution in [0.1, 0.15) is 10.4 Å². The van der Waals surface area contributed by atoms with Crippen LogP contribution < -0.4 is 0 Å². The molecule has 4 aromatic rings. The minimum absolute atomic E-state index is 0.317. The maximum absolute atomic E-state index is 14.4. The van der Waals surface area contributed by atoms with Gasteiger partial charge in [0.1, 0.15) is 5.82 Å². The Hall–Kier alpha value is -2.79. The minimum atomic E-state index is -0.753. The fourth-order valence-corrected chi connectivity index (χ4v) is 5.43. The second-order valence-corrected chi connectivity index (χ2v) is 7.51. The van der Waals surface area contributed by atoms with Crippen LogP contribution in [-0.4, -0.2) is 13.1 Å². The quantitative estimate of drug-likeness (QED) is 0.336. The number of hydrogen-bond donors (Lipinski definition) is 0. The van der Waals surface area contributed by atoms with Gasteiger partial charge < -0.3 is 4.74 Å². The van der Waals surface area contributed by atoms with Crippen LogP contribution in [0.4, 0.5) is 8.78 Å². The van der Waals surface area contributed by atoms with Crippen LogP contribution in [0.2, 0.25) is 0 Å². The largest absolute Gasteiger partial charge is 0.465 e. The molecule has 0 aliphatic heterocycles. The van der Waals surface area contributed by atoms with Gasteiger partial charge in [-0.15, -0.1) is 0 Å². The van der Waals surface area contributed by atoms with E-state index >= 15 is 0 Å². The standard InChI is InChI=1S/C20H13F2O2S/c1-24-20(23)12-6-9-18-15(10-12)14-4-2-3-5-17(14)25(18)19-11-13(21)7-8-16(19)22/h2-11H,1H3/q+1. The van der Waals surface area contributed by atoms with Gasteiger partial charge in [0.05, 0.1) is 12.7 Å². The third kappa shape index (κ3) is 2.48. The minimum Gasteiger partial charge on any atom is -0.465 e. The molecule has 1 atom stereocenters. The SMILES string of the molecule is COC(=O)c1ccc2c(c1)c1ccccc1[s+]2-c1cc(F)ccc1F. The predicted molar refractivity (Wildman–Crippen MR) is 96.5 cm³/mol. The number of hydrogen-bond acceptors (Lipinski definition) is 2. The van der Waals surface area contributed by atoms with E-state index in [9.17, 15) is 13.6 Å². The third-order valence-corrected chi connectivity index (χ3v) is 6.48. The molecule has 0 fully saturated rings. The Labute approximate surface area is 145 Å². The Balaban J connectivity index is 2.13. The summed E-state index contributed by atoms with van der Waals surface area (Å²) in [6.07, 6.45) is 0. The molecule has 0 spiro atoms. The third-order valence-electron chi connectivity index (χ3n) is 4.13. The second kappa shape index (κ2) is 5.93. The predicted octanol–water partition coefficient (Wildman–Crippen LogP) is 5.80. The first-order chi connectivity index (χ1) is 12.1. The molecule has 0 bridgehead atoms. The van der Waals surface area contributed by atoms with Crippen molar-refractivity contribution < 1.29 is 18.3 Å². The zero-order chi connectivity index (χ0) is 17.6. The van der Waals surface area contributed by atoms with Gasteiger partial charge in [-0.25, -0.2) is 13.6 Å². The van der Waals surface area contributed by atoms with E-state index in [0.29, 0.717) is 10.5 Å². The molecule has 0 amide bonds. The smallest absolute Gasteiger partial charge is 0.337 e. The molecule has 4 rings (SSSR count). The zero-order valence-electron chi connectivity index (χ0n) is 13.3. The van der Waals surface area contributed by atoms with E-state index in [1.165, 1.54) is 13.2 Å². The van der Waals surface area contributed by atoms with Crippen molar-refractivity contribution in [3.63, 3.8) is 0 Å². The number of carbonyl (C=O) groups excluding carboxylic acids is 1. The Morgan fingerprint density at radius 2 is 1.68 bits per heavy atom. The summed E-state index contributed by atoms with van der Waals surface area (Å²) < 4.78 is 34.8. The average molecular weight is 355 g/mol. The van der Waals surface area contributed by atoms with Gasteiger partial charge in [-0.2, -0.15) is 0 Å². The Kier molecular flexibility index (Phi) is 3.73. The number of halogens is 2. The van der Waals surface area contributed by atoms with E-state index in [0.717, 1.165) is 32.3 Å². The summed E-state index contributed by atoms with van der Waals surface area (Å²) in [6, 6.07) is 16.4. The molecule has 1 unspecified atom stereocenters. The first-order valence-corrected chi connectivity index (χ1v) is 8.83. The zero-order valence-corrected chi connectivity index (χ0v) is 14.1. The number of thiophene rings is 1. The van der Waals surface area contributed by atoms with Gasteiger partial charge in [0.15, 0.2) is 15.2 Å². The fourth-order valence-electron chi connectivity index (χ4n) is 3.02. The summed E-state index contributed by atoms with van der Waals surface area (Å²) in [7, 11) is 0.577. The molecule has 25 heavy (non-hydrogen) atoms. The van der Waals surface area contributed by atoms with Crippen LogP contribution >= 0.6 is 10.5 Å². The number of benzene rings is 3. The van der Waals surface area contributed by atoms with Gasteiger partial charge >= 0.3 is 5.97 Å². The molecule has 0 aliphatic rings. The molecule has 0 N–H and O–H groups in total. The van der Waals surface area contributed by atoms with Crippen molar-refractivity contribution in [2.45, 2.75) is 0 Å². The van der Waals surface area contributed by atoms with Crippen molar-refractivity contribution in [3.05, 3.63) is 77.9 Å². The molecule has 1 heterocycles. The molecule has 0 saturated heterocycles. The molecule has 0 radical (unpaired) electrons. The normalized spacial score (nSPS) is 11.9. The van der Waals surface area contributed by atoms with Crippen LogP contribution in [0.15, 0.2) is 60.7 Å². The Bertz CT molecular complexity index is 1130. The molecule has 3 aromatic carbocycles. The molecule has 5 heteroatoms. The number of fused-ring (bicyclic) bond motifs is 3. The van der Waals surface area contributed by atoms with Crippen molar-refractivity contribution in [3.8, 4) is 4.90 Å². The van der Waals surface area contributed by atoms with Crippen molar-refractivity contribution in [1.29, 1.82) is 0 Å². The Morgan fingerprint density at radius 3 is 2.48 bits per heavy atom. The lowest BCUT2D eigenvalue weighted by molar-refractivity contribution is 0.0601. The fraction of sp³-hybridized carbons (Fsp3) is 0.0500. The number of esters is 1. The highest BCUT2D eigenvalue weighted by Gasteiger charge is 2.27. The van der Waals surface area contributed by atoms with E-state index in [4.69, 9.17) is 4.74 Å². The number of carbonyl (C=O) groups is 1. The van der Waals surface area contributed by atoms with Crippen LogP contribution in [0.25, 0.3) is 25.1 Å². The topological polar surface area (TPSA) is 26.3 Å². The molecular weight excluding hydrogens is 342 g/mol. The summed E-state index contributed by atoms with van der Waals surface area (Å²) in [5.41, 5.74) is 0.432. The number of methoxy groups -OCH3 is 1. The molecule has 2 nitrogen and oxygen atoms in total. The van der Waals surface area contributed by atoms with Gasteiger partial charge in [0.25, 0.3) is 0 Å². The molecule has 0 aliphatic carbocycles. The van der Waals surface area contributed by atoms with Gasteiger partial charge in [-0.1, -0.05) is 12.1 Å². The van der Waals surface area contributed by atoms with Crippen LogP contribution in [0.3, 0.4) is 0 Å². The number of ether oxygens (including phenoxy) is 1. The summed E-state index contributed by atoms with van der Waals surface area (Å²) in [4.78, 5) is 12.2. The van der Waals surface area contributed by atoms with E-state index in [2.05, 4.69) is 0 Å². The summed E-state index contributed by atoms with van der Waals surface area (Å²) >= 11 is 0. The van der Waals surface area contributed by atoms with Crippen LogP contribution in [0, 0.1) is 11.6 Å². The summed E-state index contributed by atoms with van der Waals surface area (Å²) in [5, 5.41) is 1.78. The summed E-state index contributed by atoms with van der Waals surface area (Å²) in [5.74, 6) is -1.34. The first-order valence-electron chi connectivity index (χ1n) is 7.61. The van der Waals surface area contributed by atoms with E-state index in [1.54, 1.807) is 18.2 Å². The van der Waals surface area contributed by atoms with Crippen LogP contribution in [-0.2, 0) is 4.74 Å². The Morgan fingerprint density at radius 1 is 0.920 bits per heavy atom. The molecule has 0 saturated carbocycles. The highest BCUT2D eigenvalue weighted by Crippen LogP contribution is 2.49. The van der Waals surface area contributed by atoms with E-state index < -0.39 is 28.1 Å². The van der Waals surface area contributed by atoms with Gasteiger partial charge in [-0.05, 0) is 42.5 Å². The van der Waals surface area contributed by atoms with Crippen molar-refractivity contribution >= 4 is 36.6 Å². The highest BCUT2D eigenvalue weighted by molar-refractivity contribution is 7.50. The van der Waals surface area contributed by atoms with Gasteiger partial charge in [-0.3, -0.25) is 0 Å². The van der Waals surface area contributed by atoms with Crippen molar-refractivity contribution in [2.24, 2.45) is 0 Å². The average Bonchev–Trinajstić information content (AvgIpc) is 2.96. The molecule has 124 valence electrons. The lowest BCUT2D eigenvalue weighted by Gasteiger charge is -1.98. The van der Waals surface area contributed by atoms with Gasteiger partial charge in [0, 0.05) is 27.3 Å². The van der Waals surface area contributed by atoms with Crippen molar-refractivity contribution in [1.82, 2.24) is 0 Å². The van der Waals surface area contributed by atoms with E-state index in [1.807, 2.05) is 24.3 Å². The lowest BCUT2D eigenvalue weighted by Crippen LogP contribution is -2.00. The highest BCUT2D eigenvalue weighted by atomic mass is 32.2. The number of rotatable bonds is 2. The monoisotopic (exact) mass is 355 g/mol. The maximum atomic E-state index is 14.4. The summed E-state index contributed by atoms with van der Waals surface area (Å²) in [6.45, 7) is 0. The lowest BCUT2D eigenvalue weighted by atomic mass is 10.1. The van der Waals surface area contributed by atoms with Crippen LogP contribution in [0.5, 0.6) is 0 Å². The van der Waals surface area contributed by atoms with Gasteiger partial charge in [0.2, 0.25) is 4.90 Å². The van der Waals surface area contributed by atoms with E-state index in [-0.39, 0.29) is 0 Å². The molecular formula is C20H13F2O2S+. The maximum Gasteiger partial charge on any atom is 0.337 e.